The number of piperidine rings is 1. The molecule has 148 valence electrons. The Kier molecular flexibility index (Phi) is 6.13. The van der Waals surface area contributed by atoms with Crippen molar-refractivity contribution >= 4 is 17.5 Å². The van der Waals surface area contributed by atoms with Gasteiger partial charge in [-0.25, -0.2) is 0 Å². The van der Waals surface area contributed by atoms with Gasteiger partial charge in [0.25, 0.3) is 11.8 Å². The molecule has 1 fully saturated rings. The number of ether oxygens (including phenoxy) is 2. The number of benzene rings is 1. The number of hydrogen-bond donors (Lipinski definition) is 1. The second-order valence-corrected chi connectivity index (χ2v) is 6.98. The second kappa shape index (κ2) is 8.73. The van der Waals surface area contributed by atoms with Gasteiger partial charge in [0.2, 0.25) is 0 Å². The third-order valence-electron chi connectivity index (χ3n) is 4.85. The first kappa shape index (κ1) is 19.7. The number of likely N-dealkylation sites (tertiary alicyclic amines) is 1. The van der Waals surface area contributed by atoms with Gasteiger partial charge in [0.1, 0.15) is 11.5 Å². The molecule has 0 radical (unpaired) electrons. The van der Waals surface area contributed by atoms with Crippen molar-refractivity contribution in [2.45, 2.75) is 19.8 Å². The highest BCUT2D eigenvalue weighted by molar-refractivity contribution is 6.06. The Hall–Kier alpha value is -3.09. The van der Waals surface area contributed by atoms with Crippen molar-refractivity contribution in [3.05, 3.63) is 47.8 Å². The molecular formula is C21H25N3O4. The lowest BCUT2D eigenvalue weighted by molar-refractivity contribution is 0.0682. The van der Waals surface area contributed by atoms with E-state index in [0.29, 0.717) is 34.2 Å². The minimum Gasteiger partial charge on any atom is -0.497 e. The number of amides is 2. The fourth-order valence-corrected chi connectivity index (χ4v) is 3.33. The minimum absolute atomic E-state index is 0.0873. The smallest absolute Gasteiger partial charge is 0.257 e. The van der Waals surface area contributed by atoms with E-state index < -0.39 is 0 Å². The highest BCUT2D eigenvalue weighted by atomic mass is 16.5. The first-order chi connectivity index (χ1) is 13.5. The maximum absolute atomic E-state index is 12.8. The summed E-state index contributed by atoms with van der Waals surface area (Å²) in [6.45, 7) is 3.62. The summed E-state index contributed by atoms with van der Waals surface area (Å²) in [7, 11) is 3.08. The summed E-state index contributed by atoms with van der Waals surface area (Å²) >= 11 is 0. The Balaban J connectivity index is 1.76. The molecule has 0 aliphatic carbocycles. The van der Waals surface area contributed by atoms with E-state index in [4.69, 9.17) is 9.47 Å². The lowest BCUT2D eigenvalue weighted by Gasteiger charge is -2.31. The summed E-state index contributed by atoms with van der Waals surface area (Å²) in [4.78, 5) is 31.4. The molecule has 3 rings (SSSR count). The zero-order valence-corrected chi connectivity index (χ0v) is 16.4. The Labute approximate surface area is 164 Å². The molecule has 0 bridgehead atoms. The fraction of sp³-hybridized carbons (Fsp3) is 0.381. The van der Waals surface area contributed by atoms with E-state index in [1.165, 1.54) is 19.5 Å². The third kappa shape index (κ3) is 4.42. The van der Waals surface area contributed by atoms with Crippen LogP contribution in [-0.2, 0) is 0 Å². The van der Waals surface area contributed by atoms with Gasteiger partial charge in [0, 0.05) is 31.5 Å². The van der Waals surface area contributed by atoms with Crippen molar-refractivity contribution in [1.29, 1.82) is 0 Å². The number of carbonyl (C=O) groups is 2. The van der Waals surface area contributed by atoms with Crippen molar-refractivity contribution < 1.29 is 19.1 Å². The Morgan fingerprint density at radius 1 is 1.14 bits per heavy atom. The monoisotopic (exact) mass is 383 g/mol. The summed E-state index contributed by atoms with van der Waals surface area (Å²) in [6.07, 6.45) is 5.08. The van der Waals surface area contributed by atoms with Crippen molar-refractivity contribution in [3.8, 4) is 11.5 Å². The van der Waals surface area contributed by atoms with Crippen LogP contribution in [0.3, 0.4) is 0 Å². The van der Waals surface area contributed by atoms with Crippen LogP contribution >= 0.6 is 0 Å². The van der Waals surface area contributed by atoms with Gasteiger partial charge in [-0.3, -0.25) is 14.6 Å². The summed E-state index contributed by atoms with van der Waals surface area (Å²) in [5.74, 6) is 1.14. The molecule has 2 heterocycles. The van der Waals surface area contributed by atoms with Crippen LogP contribution in [0.15, 0.2) is 36.7 Å². The molecule has 7 heteroatoms. The van der Waals surface area contributed by atoms with Crippen LogP contribution in [0.1, 0.15) is 40.5 Å². The van der Waals surface area contributed by atoms with Crippen LogP contribution in [0.2, 0.25) is 0 Å². The van der Waals surface area contributed by atoms with Crippen LogP contribution in [0.4, 0.5) is 5.69 Å². The first-order valence-corrected chi connectivity index (χ1v) is 9.29. The van der Waals surface area contributed by atoms with Crippen LogP contribution in [0, 0.1) is 5.92 Å². The number of nitrogens with zero attached hydrogens (tertiary/aromatic N) is 2. The van der Waals surface area contributed by atoms with Crippen LogP contribution in [-0.4, -0.2) is 49.0 Å². The highest BCUT2D eigenvalue weighted by Crippen LogP contribution is 2.29. The molecular weight excluding hydrogens is 358 g/mol. The Bertz CT molecular complexity index is 868. The van der Waals surface area contributed by atoms with Gasteiger partial charge >= 0.3 is 0 Å². The van der Waals surface area contributed by atoms with E-state index in [1.807, 2.05) is 4.90 Å². The van der Waals surface area contributed by atoms with Crippen LogP contribution in [0.5, 0.6) is 11.5 Å². The standard InChI is InChI=1S/C21H25N3O4/c1-14-5-4-8-24(13-14)21(26)16-9-15(11-22-12-16)20(25)23-18-7-6-17(27-2)10-19(18)28-3/h6-7,9-12,14H,4-5,8,13H2,1-3H3,(H,23,25). The number of anilines is 1. The normalized spacial score (nSPS) is 16.4. The van der Waals surface area contributed by atoms with E-state index in [0.717, 1.165) is 25.9 Å². The van der Waals surface area contributed by atoms with Gasteiger partial charge in [-0.1, -0.05) is 6.92 Å². The van der Waals surface area contributed by atoms with Gasteiger partial charge in [0.05, 0.1) is 31.0 Å². The first-order valence-electron chi connectivity index (χ1n) is 9.29. The minimum atomic E-state index is -0.363. The molecule has 1 atom stereocenters. The van der Waals surface area contributed by atoms with Crippen molar-refractivity contribution in [2.24, 2.45) is 5.92 Å². The predicted molar refractivity (Wildman–Crippen MR) is 106 cm³/mol. The topological polar surface area (TPSA) is 80.8 Å². The molecule has 1 saturated heterocycles. The number of pyridine rings is 1. The number of hydrogen-bond acceptors (Lipinski definition) is 5. The Morgan fingerprint density at radius 2 is 1.93 bits per heavy atom. The summed E-state index contributed by atoms with van der Waals surface area (Å²) < 4.78 is 10.5. The van der Waals surface area contributed by atoms with E-state index in [1.54, 1.807) is 31.4 Å². The molecule has 2 aromatic rings. The average molecular weight is 383 g/mol. The second-order valence-electron chi connectivity index (χ2n) is 6.98. The quantitative estimate of drug-likeness (QED) is 0.857. The SMILES string of the molecule is COc1ccc(NC(=O)c2cncc(C(=O)N3CCCC(C)C3)c2)c(OC)c1. The number of carbonyl (C=O) groups excluding carboxylic acids is 2. The largest absolute Gasteiger partial charge is 0.497 e. The molecule has 1 N–H and O–H groups in total. The zero-order valence-electron chi connectivity index (χ0n) is 16.4. The molecule has 1 aliphatic heterocycles. The molecule has 1 aromatic heterocycles. The van der Waals surface area contributed by atoms with Gasteiger partial charge in [-0.15, -0.1) is 0 Å². The lowest BCUT2D eigenvalue weighted by Crippen LogP contribution is -2.39. The summed E-state index contributed by atoms with van der Waals surface area (Å²) in [6, 6.07) is 6.70. The van der Waals surface area contributed by atoms with Crippen molar-refractivity contribution in [1.82, 2.24) is 9.88 Å². The number of aromatic nitrogens is 1. The predicted octanol–water partition coefficient (Wildman–Crippen LogP) is 3.22. The molecule has 7 nitrogen and oxygen atoms in total. The molecule has 2 amide bonds. The lowest BCUT2D eigenvalue weighted by atomic mass is 9.99. The zero-order chi connectivity index (χ0) is 20.1. The number of methoxy groups -OCH3 is 2. The van der Waals surface area contributed by atoms with Crippen molar-refractivity contribution in [2.75, 3.05) is 32.6 Å². The van der Waals surface area contributed by atoms with E-state index >= 15 is 0 Å². The molecule has 1 aliphatic rings. The number of nitrogens with one attached hydrogen (secondary N) is 1. The molecule has 28 heavy (non-hydrogen) atoms. The van der Waals surface area contributed by atoms with Crippen molar-refractivity contribution in [3.63, 3.8) is 0 Å². The molecule has 1 unspecified atom stereocenters. The van der Waals surface area contributed by atoms with Crippen LogP contribution in [0.25, 0.3) is 0 Å². The van der Waals surface area contributed by atoms with E-state index in [9.17, 15) is 9.59 Å². The maximum Gasteiger partial charge on any atom is 0.257 e. The summed E-state index contributed by atoms with van der Waals surface area (Å²) in [5, 5.41) is 2.80. The summed E-state index contributed by atoms with van der Waals surface area (Å²) in [5.41, 5.74) is 1.24. The molecule has 0 spiro atoms. The third-order valence-corrected chi connectivity index (χ3v) is 4.85. The molecule has 0 saturated carbocycles. The van der Waals surface area contributed by atoms with Gasteiger partial charge in [-0.2, -0.15) is 0 Å². The van der Waals surface area contributed by atoms with Gasteiger partial charge in [0.15, 0.2) is 0 Å². The fourth-order valence-electron chi connectivity index (χ4n) is 3.33. The highest BCUT2D eigenvalue weighted by Gasteiger charge is 2.23. The maximum atomic E-state index is 12.8. The van der Waals surface area contributed by atoms with E-state index in [2.05, 4.69) is 17.2 Å². The Morgan fingerprint density at radius 3 is 2.64 bits per heavy atom. The van der Waals surface area contributed by atoms with Crippen LogP contribution < -0.4 is 14.8 Å². The van der Waals surface area contributed by atoms with Gasteiger partial charge < -0.3 is 19.7 Å². The average Bonchev–Trinajstić information content (AvgIpc) is 2.73. The van der Waals surface area contributed by atoms with Gasteiger partial charge in [-0.05, 0) is 37.0 Å². The number of rotatable bonds is 5. The van der Waals surface area contributed by atoms with E-state index in [-0.39, 0.29) is 11.8 Å². The molecule has 1 aromatic carbocycles.